The summed E-state index contributed by atoms with van der Waals surface area (Å²) < 4.78 is 0. The van der Waals surface area contributed by atoms with Crippen molar-refractivity contribution >= 4 is 0 Å². The van der Waals surface area contributed by atoms with E-state index in [0.29, 0.717) is 12.5 Å². The first-order chi connectivity index (χ1) is 10.2. The van der Waals surface area contributed by atoms with Crippen LogP contribution in [0.5, 0.6) is 0 Å². The van der Waals surface area contributed by atoms with Crippen molar-refractivity contribution < 1.29 is 5.11 Å². The van der Waals surface area contributed by atoms with Gasteiger partial charge in [-0.3, -0.25) is 4.98 Å². The lowest BCUT2D eigenvalue weighted by Gasteiger charge is -2.22. The highest BCUT2D eigenvalue weighted by atomic mass is 16.3. The molecule has 2 unspecified atom stereocenters. The molecule has 21 heavy (non-hydrogen) atoms. The van der Waals surface area contributed by atoms with Gasteiger partial charge in [0.2, 0.25) is 0 Å². The number of aromatic nitrogens is 1. The van der Waals surface area contributed by atoms with E-state index in [1.807, 2.05) is 30.3 Å². The average molecular weight is 284 g/mol. The number of nitrogens with zero attached hydrogens (tertiary/aromatic N) is 1. The molecule has 0 bridgehead atoms. The summed E-state index contributed by atoms with van der Waals surface area (Å²) >= 11 is 0. The quantitative estimate of drug-likeness (QED) is 0.821. The highest BCUT2D eigenvalue weighted by Gasteiger charge is 2.15. The number of nitrogens with one attached hydrogen (secondary N) is 1. The highest BCUT2D eigenvalue weighted by molar-refractivity contribution is 5.30. The van der Waals surface area contributed by atoms with Crippen molar-refractivity contribution in [1.82, 2.24) is 10.3 Å². The monoisotopic (exact) mass is 284 g/mol. The summed E-state index contributed by atoms with van der Waals surface area (Å²) in [7, 11) is 0. The van der Waals surface area contributed by atoms with Gasteiger partial charge in [0.1, 0.15) is 0 Å². The second-order valence-electron chi connectivity index (χ2n) is 5.82. The van der Waals surface area contributed by atoms with Gasteiger partial charge in [-0.05, 0) is 35.6 Å². The smallest absolute Gasteiger partial charge is 0.0667 e. The van der Waals surface area contributed by atoms with Gasteiger partial charge < -0.3 is 10.4 Å². The Morgan fingerprint density at radius 1 is 1.00 bits per heavy atom. The molecule has 112 valence electrons. The van der Waals surface area contributed by atoms with Crippen LogP contribution in [-0.4, -0.2) is 22.7 Å². The molecular weight excluding hydrogens is 260 g/mol. The van der Waals surface area contributed by atoms with Crippen molar-refractivity contribution in [2.24, 2.45) is 5.92 Å². The number of hydrogen-bond donors (Lipinski definition) is 2. The molecule has 2 N–H and O–H groups in total. The van der Waals surface area contributed by atoms with Gasteiger partial charge in [0.15, 0.2) is 0 Å². The first kappa shape index (κ1) is 15.7. The zero-order valence-electron chi connectivity index (χ0n) is 12.7. The minimum Gasteiger partial charge on any atom is -0.392 e. The van der Waals surface area contributed by atoms with E-state index in [1.54, 1.807) is 12.4 Å². The molecule has 0 amide bonds. The Labute approximate surface area is 127 Å². The molecule has 0 fully saturated rings. The summed E-state index contributed by atoms with van der Waals surface area (Å²) in [5.41, 5.74) is 2.35. The number of benzene rings is 1. The normalized spacial score (nSPS) is 14.1. The molecule has 0 aliphatic heterocycles. The van der Waals surface area contributed by atoms with Crippen LogP contribution >= 0.6 is 0 Å². The maximum Gasteiger partial charge on any atom is 0.0667 e. The molecule has 1 aromatic heterocycles. The molecule has 3 nitrogen and oxygen atoms in total. The Morgan fingerprint density at radius 3 is 2.24 bits per heavy atom. The second kappa shape index (κ2) is 7.91. The maximum absolute atomic E-state index is 10.1. The number of pyridine rings is 1. The minimum atomic E-state index is -0.321. The predicted molar refractivity (Wildman–Crippen MR) is 86.0 cm³/mol. The van der Waals surface area contributed by atoms with Gasteiger partial charge in [0.05, 0.1) is 12.1 Å². The maximum atomic E-state index is 10.1. The molecular formula is C18H24N2O. The Kier molecular flexibility index (Phi) is 5.90. The van der Waals surface area contributed by atoms with Crippen LogP contribution in [0.25, 0.3) is 0 Å². The minimum absolute atomic E-state index is 0.0796. The molecule has 0 saturated heterocycles. The van der Waals surface area contributed by atoms with Gasteiger partial charge in [-0.15, -0.1) is 0 Å². The van der Waals surface area contributed by atoms with E-state index in [9.17, 15) is 5.11 Å². The van der Waals surface area contributed by atoms with E-state index in [4.69, 9.17) is 0 Å². The van der Waals surface area contributed by atoms with Crippen LogP contribution in [0.4, 0.5) is 0 Å². The van der Waals surface area contributed by atoms with Crippen molar-refractivity contribution in [2.75, 3.05) is 6.54 Å². The first-order valence-electron chi connectivity index (χ1n) is 7.53. The van der Waals surface area contributed by atoms with Gasteiger partial charge in [0, 0.05) is 18.9 Å². The summed E-state index contributed by atoms with van der Waals surface area (Å²) in [6.45, 7) is 4.83. The van der Waals surface area contributed by atoms with E-state index in [2.05, 4.69) is 36.3 Å². The summed E-state index contributed by atoms with van der Waals surface area (Å²) in [5.74, 6) is 0.498. The number of aliphatic hydroxyl groups excluding tert-OH is 1. The van der Waals surface area contributed by atoms with E-state index in [-0.39, 0.29) is 12.1 Å². The van der Waals surface area contributed by atoms with E-state index >= 15 is 0 Å². The van der Waals surface area contributed by atoms with E-state index in [1.165, 1.54) is 5.56 Å². The lowest BCUT2D eigenvalue weighted by Crippen LogP contribution is -2.31. The highest BCUT2D eigenvalue weighted by Crippen LogP contribution is 2.21. The average Bonchev–Trinajstić information content (AvgIpc) is 2.49. The van der Waals surface area contributed by atoms with Crippen molar-refractivity contribution in [2.45, 2.75) is 32.4 Å². The lowest BCUT2D eigenvalue weighted by atomic mass is 9.99. The van der Waals surface area contributed by atoms with Crippen LogP contribution in [-0.2, 0) is 0 Å². The molecule has 2 aromatic rings. The Balaban J connectivity index is 2.10. The molecule has 1 heterocycles. The standard InChI is InChI=1S/C18H24N2O/c1-14(2)12-17(21)13-20-18(15-6-4-3-5-7-15)16-8-10-19-11-9-16/h3-11,14,17-18,20-21H,12-13H2,1-2H3. The molecule has 2 rings (SSSR count). The van der Waals surface area contributed by atoms with Crippen LogP contribution < -0.4 is 5.32 Å². The molecule has 0 saturated carbocycles. The van der Waals surface area contributed by atoms with E-state index < -0.39 is 0 Å². The fourth-order valence-electron chi connectivity index (χ4n) is 2.51. The van der Waals surface area contributed by atoms with Crippen LogP contribution in [0.15, 0.2) is 54.9 Å². The Morgan fingerprint density at radius 2 is 1.62 bits per heavy atom. The second-order valence-corrected chi connectivity index (χ2v) is 5.82. The SMILES string of the molecule is CC(C)CC(O)CNC(c1ccccc1)c1ccncc1. The van der Waals surface area contributed by atoms with Gasteiger partial charge >= 0.3 is 0 Å². The van der Waals surface area contributed by atoms with Crippen molar-refractivity contribution in [3.8, 4) is 0 Å². The van der Waals surface area contributed by atoms with Crippen LogP contribution in [0.3, 0.4) is 0 Å². The molecule has 0 spiro atoms. The molecule has 2 atom stereocenters. The third kappa shape index (κ3) is 4.96. The number of hydrogen-bond acceptors (Lipinski definition) is 3. The fraction of sp³-hybridized carbons (Fsp3) is 0.389. The summed E-state index contributed by atoms with van der Waals surface area (Å²) in [4.78, 5) is 4.08. The molecule has 1 aromatic carbocycles. The Hall–Kier alpha value is -1.71. The molecule has 0 aliphatic rings. The molecule has 0 aliphatic carbocycles. The lowest BCUT2D eigenvalue weighted by molar-refractivity contribution is 0.144. The zero-order valence-corrected chi connectivity index (χ0v) is 12.7. The van der Waals surface area contributed by atoms with Crippen molar-refractivity contribution in [3.63, 3.8) is 0 Å². The predicted octanol–water partition coefficient (Wildman–Crippen LogP) is 3.17. The van der Waals surface area contributed by atoms with Gasteiger partial charge in [-0.1, -0.05) is 44.2 Å². The largest absolute Gasteiger partial charge is 0.392 e. The first-order valence-corrected chi connectivity index (χ1v) is 7.53. The van der Waals surface area contributed by atoms with E-state index in [0.717, 1.165) is 12.0 Å². The van der Waals surface area contributed by atoms with Gasteiger partial charge in [-0.25, -0.2) is 0 Å². The fourth-order valence-corrected chi connectivity index (χ4v) is 2.51. The molecule has 0 radical (unpaired) electrons. The third-order valence-electron chi connectivity index (χ3n) is 3.47. The number of aliphatic hydroxyl groups is 1. The van der Waals surface area contributed by atoms with Crippen molar-refractivity contribution in [3.05, 3.63) is 66.0 Å². The third-order valence-corrected chi connectivity index (χ3v) is 3.47. The summed E-state index contributed by atoms with van der Waals surface area (Å²) in [6.07, 6.45) is 4.10. The molecule has 3 heteroatoms. The number of rotatable bonds is 7. The van der Waals surface area contributed by atoms with Crippen LogP contribution in [0.1, 0.15) is 37.4 Å². The topological polar surface area (TPSA) is 45.1 Å². The van der Waals surface area contributed by atoms with Gasteiger partial charge in [0.25, 0.3) is 0 Å². The summed E-state index contributed by atoms with van der Waals surface area (Å²) in [5, 5.41) is 13.6. The summed E-state index contributed by atoms with van der Waals surface area (Å²) in [6, 6.07) is 14.4. The van der Waals surface area contributed by atoms with Crippen LogP contribution in [0, 0.1) is 5.92 Å². The Bertz CT molecular complexity index is 474. The van der Waals surface area contributed by atoms with Gasteiger partial charge in [-0.2, -0.15) is 0 Å². The van der Waals surface area contributed by atoms with Crippen LogP contribution in [0.2, 0.25) is 0 Å². The van der Waals surface area contributed by atoms with Crippen molar-refractivity contribution in [1.29, 1.82) is 0 Å². The zero-order chi connectivity index (χ0) is 15.1.